The summed E-state index contributed by atoms with van der Waals surface area (Å²) in [5.74, 6) is 6.03. The van der Waals surface area contributed by atoms with E-state index in [1.165, 1.54) is 28.6 Å². The van der Waals surface area contributed by atoms with Gasteiger partial charge in [0.25, 0.3) is 5.91 Å². The summed E-state index contributed by atoms with van der Waals surface area (Å²) in [6.07, 6.45) is 0. The Bertz CT molecular complexity index is 991. The number of rotatable bonds is 8. The van der Waals surface area contributed by atoms with Gasteiger partial charge >= 0.3 is 0 Å². The van der Waals surface area contributed by atoms with Crippen LogP contribution in [0.5, 0.6) is 5.75 Å². The lowest BCUT2D eigenvalue weighted by Gasteiger charge is -2.18. The Balaban J connectivity index is 1.86. The molecule has 0 heterocycles. The van der Waals surface area contributed by atoms with Gasteiger partial charge in [-0.1, -0.05) is 47.7 Å². The molecular formula is C21H23BrN2O4S. The summed E-state index contributed by atoms with van der Waals surface area (Å²) in [6, 6.07) is 13.3. The Hall–Kier alpha value is -2.34. The van der Waals surface area contributed by atoms with Crippen LogP contribution < -0.4 is 10.1 Å². The lowest BCUT2D eigenvalue weighted by atomic mass is 10.2. The summed E-state index contributed by atoms with van der Waals surface area (Å²) in [6.45, 7) is 4.74. The summed E-state index contributed by atoms with van der Waals surface area (Å²) < 4.78 is 32.7. The van der Waals surface area contributed by atoms with Gasteiger partial charge in [-0.05, 0) is 42.5 Å². The topological polar surface area (TPSA) is 75.7 Å². The molecule has 1 amide bonds. The fraction of sp³-hybridized carbons (Fsp3) is 0.286. The Labute approximate surface area is 180 Å². The van der Waals surface area contributed by atoms with Gasteiger partial charge in [0.1, 0.15) is 12.4 Å². The molecule has 2 aromatic carbocycles. The SMILES string of the molecule is CCN(CC)S(=O)(=O)c1ccc(C(=O)NCC#CCOc2cccc(Br)c2)cc1. The standard InChI is InChI=1S/C21H23BrN2O4S/c1-3-24(4-2)29(26,27)20-12-10-17(11-13-20)21(25)23-14-5-6-15-28-19-9-7-8-18(22)16-19/h7-13,16H,3-4,14-15H2,1-2H3,(H,23,25). The smallest absolute Gasteiger partial charge is 0.252 e. The quantitative estimate of drug-likeness (QED) is 0.590. The maximum Gasteiger partial charge on any atom is 0.252 e. The predicted octanol–water partition coefficient (Wildman–Crippen LogP) is 3.29. The first kappa shape index (κ1) is 22.9. The molecule has 0 radical (unpaired) electrons. The Morgan fingerprint density at radius 3 is 2.41 bits per heavy atom. The molecule has 0 aromatic heterocycles. The van der Waals surface area contributed by atoms with E-state index in [0.717, 1.165) is 4.47 Å². The van der Waals surface area contributed by atoms with Gasteiger partial charge in [0.2, 0.25) is 10.0 Å². The van der Waals surface area contributed by atoms with Gasteiger partial charge in [-0.15, -0.1) is 0 Å². The third kappa shape index (κ3) is 6.60. The minimum absolute atomic E-state index is 0.167. The zero-order valence-corrected chi connectivity index (χ0v) is 18.7. The molecule has 0 bridgehead atoms. The molecule has 6 nitrogen and oxygen atoms in total. The van der Waals surface area contributed by atoms with E-state index in [9.17, 15) is 13.2 Å². The van der Waals surface area contributed by atoms with Gasteiger partial charge < -0.3 is 10.1 Å². The maximum atomic E-state index is 12.5. The third-order valence-electron chi connectivity index (χ3n) is 4.03. The average molecular weight is 479 g/mol. The summed E-state index contributed by atoms with van der Waals surface area (Å²) in [7, 11) is -3.53. The lowest BCUT2D eigenvalue weighted by Crippen LogP contribution is -2.30. The number of nitrogens with one attached hydrogen (secondary N) is 1. The highest BCUT2D eigenvalue weighted by molar-refractivity contribution is 9.10. The summed E-state index contributed by atoms with van der Waals surface area (Å²) in [5, 5.41) is 2.67. The van der Waals surface area contributed by atoms with Crippen LogP contribution in [0.4, 0.5) is 0 Å². The second-order valence-electron chi connectivity index (χ2n) is 5.90. The number of amides is 1. The van der Waals surface area contributed by atoms with E-state index in [-0.39, 0.29) is 24.0 Å². The van der Waals surface area contributed by atoms with Crippen molar-refractivity contribution in [3.05, 3.63) is 58.6 Å². The normalized spacial score (nSPS) is 10.9. The molecule has 0 saturated carbocycles. The third-order valence-corrected chi connectivity index (χ3v) is 6.59. The lowest BCUT2D eigenvalue weighted by molar-refractivity contribution is 0.0958. The van der Waals surface area contributed by atoms with E-state index in [1.807, 2.05) is 24.3 Å². The van der Waals surface area contributed by atoms with E-state index in [0.29, 0.717) is 24.4 Å². The molecule has 154 valence electrons. The monoisotopic (exact) mass is 478 g/mol. The van der Waals surface area contributed by atoms with E-state index in [2.05, 4.69) is 33.1 Å². The highest BCUT2D eigenvalue weighted by Gasteiger charge is 2.21. The predicted molar refractivity (Wildman–Crippen MR) is 116 cm³/mol. The Morgan fingerprint density at radius 2 is 1.79 bits per heavy atom. The van der Waals surface area contributed by atoms with E-state index in [1.54, 1.807) is 13.8 Å². The largest absolute Gasteiger partial charge is 0.481 e. The van der Waals surface area contributed by atoms with E-state index < -0.39 is 10.0 Å². The van der Waals surface area contributed by atoms with Gasteiger partial charge in [-0.3, -0.25) is 4.79 Å². The molecule has 2 aromatic rings. The fourth-order valence-corrected chi connectivity index (χ4v) is 4.34. The van der Waals surface area contributed by atoms with Crippen LogP contribution in [0.15, 0.2) is 57.9 Å². The number of halogens is 1. The number of carbonyl (C=O) groups is 1. The number of carbonyl (C=O) groups excluding carboxylic acids is 1. The molecule has 8 heteroatoms. The van der Waals surface area contributed by atoms with Crippen molar-refractivity contribution in [2.75, 3.05) is 26.2 Å². The summed E-state index contributed by atoms with van der Waals surface area (Å²) in [5.41, 5.74) is 0.371. The average Bonchev–Trinajstić information content (AvgIpc) is 2.71. The zero-order chi connectivity index (χ0) is 21.3. The summed E-state index contributed by atoms with van der Waals surface area (Å²) in [4.78, 5) is 12.3. The van der Waals surface area contributed by atoms with Gasteiger partial charge in [-0.2, -0.15) is 4.31 Å². The molecule has 0 aliphatic carbocycles. The number of hydrogen-bond acceptors (Lipinski definition) is 4. The van der Waals surface area contributed by atoms with Crippen LogP contribution in [-0.2, 0) is 10.0 Å². The second kappa shape index (κ2) is 11.0. The van der Waals surface area contributed by atoms with Crippen LogP contribution in [-0.4, -0.2) is 44.9 Å². The van der Waals surface area contributed by atoms with Crippen LogP contribution in [0.25, 0.3) is 0 Å². The van der Waals surface area contributed by atoms with Crippen molar-refractivity contribution in [3.8, 4) is 17.6 Å². The first-order valence-electron chi connectivity index (χ1n) is 9.11. The van der Waals surface area contributed by atoms with Gasteiger partial charge in [0, 0.05) is 23.1 Å². The molecule has 0 saturated heterocycles. The van der Waals surface area contributed by atoms with Crippen LogP contribution in [0, 0.1) is 11.8 Å². The number of sulfonamides is 1. The second-order valence-corrected chi connectivity index (χ2v) is 8.75. The maximum absolute atomic E-state index is 12.5. The van der Waals surface area contributed by atoms with Crippen molar-refractivity contribution < 1.29 is 17.9 Å². The molecule has 0 unspecified atom stereocenters. The minimum Gasteiger partial charge on any atom is -0.481 e. The molecule has 29 heavy (non-hydrogen) atoms. The molecule has 0 atom stereocenters. The van der Waals surface area contributed by atoms with Crippen molar-refractivity contribution in [3.63, 3.8) is 0 Å². The van der Waals surface area contributed by atoms with Crippen molar-refractivity contribution in [1.29, 1.82) is 0 Å². The Morgan fingerprint density at radius 1 is 1.10 bits per heavy atom. The van der Waals surface area contributed by atoms with Crippen LogP contribution in [0.1, 0.15) is 24.2 Å². The van der Waals surface area contributed by atoms with Crippen LogP contribution >= 0.6 is 15.9 Å². The Kier molecular flexibility index (Phi) is 8.70. The molecule has 0 aliphatic rings. The van der Waals surface area contributed by atoms with E-state index in [4.69, 9.17) is 4.74 Å². The zero-order valence-electron chi connectivity index (χ0n) is 16.3. The number of benzene rings is 2. The van der Waals surface area contributed by atoms with Crippen molar-refractivity contribution in [1.82, 2.24) is 9.62 Å². The van der Waals surface area contributed by atoms with Crippen molar-refractivity contribution in [2.45, 2.75) is 18.7 Å². The molecular weight excluding hydrogens is 456 g/mol. The number of ether oxygens (including phenoxy) is 1. The number of hydrogen-bond donors (Lipinski definition) is 1. The fourth-order valence-electron chi connectivity index (χ4n) is 2.51. The minimum atomic E-state index is -3.53. The highest BCUT2D eigenvalue weighted by Crippen LogP contribution is 2.17. The first-order valence-corrected chi connectivity index (χ1v) is 11.3. The molecule has 2 rings (SSSR count). The van der Waals surface area contributed by atoms with Gasteiger partial charge in [-0.25, -0.2) is 8.42 Å². The van der Waals surface area contributed by atoms with Gasteiger partial charge in [0.15, 0.2) is 0 Å². The highest BCUT2D eigenvalue weighted by atomic mass is 79.9. The summed E-state index contributed by atoms with van der Waals surface area (Å²) >= 11 is 3.36. The van der Waals surface area contributed by atoms with Crippen LogP contribution in [0.2, 0.25) is 0 Å². The van der Waals surface area contributed by atoms with Gasteiger partial charge in [0.05, 0.1) is 11.4 Å². The molecule has 0 aliphatic heterocycles. The number of nitrogens with zero attached hydrogens (tertiary/aromatic N) is 1. The molecule has 1 N–H and O–H groups in total. The first-order chi connectivity index (χ1) is 13.9. The molecule has 0 fully saturated rings. The molecule has 0 spiro atoms. The van der Waals surface area contributed by atoms with Crippen molar-refractivity contribution in [2.24, 2.45) is 0 Å². The van der Waals surface area contributed by atoms with E-state index >= 15 is 0 Å². The van der Waals surface area contributed by atoms with Crippen molar-refractivity contribution >= 4 is 31.9 Å². The van der Waals surface area contributed by atoms with Crippen LogP contribution in [0.3, 0.4) is 0 Å².